The Morgan fingerprint density at radius 2 is 2.06 bits per heavy atom. The van der Waals surface area contributed by atoms with Gasteiger partial charge in [0.1, 0.15) is 0 Å². The maximum Gasteiger partial charge on any atom is 0.0493 e. The van der Waals surface area contributed by atoms with Gasteiger partial charge in [0.15, 0.2) is 0 Å². The molecular weight excluding hydrogens is 208 g/mol. The molecule has 1 fully saturated rings. The number of nitrogens with two attached hydrogens (primary N) is 1. The molecule has 0 saturated heterocycles. The van der Waals surface area contributed by atoms with Gasteiger partial charge in [0.05, 0.1) is 0 Å². The van der Waals surface area contributed by atoms with E-state index in [-0.39, 0.29) is 0 Å². The number of hydrogen-bond acceptors (Lipinski definition) is 2. The first kappa shape index (κ1) is 12.6. The molecule has 3 unspecified atom stereocenters. The maximum atomic E-state index is 5.82. The lowest BCUT2D eigenvalue weighted by atomic mass is 9.84. The van der Waals surface area contributed by atoms with Crippen LogP contribution < -0.4 is 11.3 Å². The average molecular weight is 232 g/mol. The average Bonchev–Trinajstić information content (AvgIpc) is 2.71. The fourth-order valence-corrected chi connectivity index (χ4v) is 3.21. The van der Waals surface area contributed by atoms with Crippen molar-refractivity contribution in [3.8, 4) is 0 Å². The zero-order valence-electron chi connectivity index (χ0n) is 11.2. The van der Waals surface area contributed by atoms with Gasteiger partial charge in [-0.25, -0.2) is 0 Å². The van der Waals surface area contributed by atoms with E-state index in [1.165, 1.54) is 36.0 Å². The Morgan fingerprint density at radius 3 is 2.65 bits per heavy atom. The lowest BCUT2D eigenvalue weighted by Crippen LogP contribution is -2.35. The van der Waals surface area contributed by atoms with Gasteiger partial charge in [0.2, 0.25) is 0 Å². The van der Waals surface area contributed by atoms with Crippen LogP contribution in [0.2, 0.25) is 0 Å². The molecular formula is C15H24N2. The number of benzene rings is 1. The first-order chi connectivity index (χ1) is 8.13. The predicted octanol–water partition coefficient (Wildman–Crippen LogP) is 3.24. The van der Waals surface area contributed by atoms with Gasteiger partial charge >= 0.3 is 0 Å². The Morgan fingerprint density at radius 1 is 1.29 bits per heavy atom. The standard InChI is InChI=1S/C15H24N2/c1-10-7-8-12(3)14(9-10)15(17-16)13-6-4-5-11(13)2/h7-9,11,13,15,17H,4-6,16H2,1-3H3. The molecule has 2 rings (SSSR count). The van der Waals surface area contributed by atoms with E-state index in [4.69, 9.17) is 5.84 Å². The lowest BCUT2D eigenvalue weighted by Gasteiger charge is -2.28. The number of aryl methyl sites for hydroxylation is 2. The molecule has 2 heteroatoms. The minimum atomic E-state index is 0.312. The Balaban J connectivity index is 2.31. The molecule has 1 aromatic rings. The molecule has 3 atom stereocenters. The molecule has 0 heterocycles. The first-order valence-electron chi connectivity index (χ1n) is 6.66. The highest BCUT2D eigenvalue weighted by molar-refractivity contribution is 5.33. The van der Waals surface area contributed by atoms with Crippen LogP contribution in [-0.4, -0.2) is 0 Å². The number of rotatable bonds is 3. The summed E-state index contributed by atoms with van der Waals surface area (Å²) < 4.78 is 0. The maximum absolute atomic E-state index is 5.82. The highest BCUT2D eigenvalue weighted by atomic mass is 15.2. The summed E-state index contributed by atoms with van der Waals surface area (Å²) in [6, 6.07) is 6.97. The first-order valence-corrected chi connectivity index (χ1v) is 6.66. The van der Waals surface area contributed by atoms with Crippen LogP contribution in [-0.2, 0) is 0 Å². The molecule has 17 heavy (non-hydrogen) atoms. The molecule has 1 aliphatic carbocycles. The Bertz CT molecular complexity index is 387. The number of nitrogens with one attached hydrogen (secondary N) is 1. The van der Waals surface area contributed by atoms with Crippen LogP contribution in [0.3, 0.4) is 0 Å². The Labute approximate surface area is 105 Å². The van der Waals surface area contributed by atoms with E-state index in [0.29, 0.717) is 12.0 Å². The minimum absolute atomic E-state index is 0.312. The zero-order valence-corrected chi connectivity index (χ0v) is 11.2. The molecule has 0 aromatic heterocycles. The van der Waals surface area contributed by atoms with Gasteiger partial charge in [0, 0.05) is 6.04 Å². The zero-order chi connectivity index (χ0) is 12.4. The third kappa shape index (κ3) is 2.53. The summed E-state index contributed by atoms with van der Waals surface area (Å²) >= 11 is 0. The van der Waals surface area contributed by atoms with Crippen molar-refractivity contribution in [3.05, 3.63) is 34.9 Å². The molecule has 0 aliphatic heterocycles. The van der Waals surface area contributed by atoms with Crippen molar-refractivity contribution in [1.29, 1.82) is 0 Å². The second-order valence-electron chi connectivity index (χ2n) is 5.58. The number of hydrazine groups is 1. The second kappa shape index (κ2) is 5.19. The van der Waals surface area contributed by atoms with Gasteiger partial charge in [-0.3, -0.25) is 11.3 Å². The van der Waals surface area contributed by atoms with Crippen molar-refractivity contribution in [1.82, 2.24) is 5.43 Å². The summed E-state index contributed by atoms with van der Waals surface area (Å²) in [5.41, 5.74) is 7.10. The van der Waals surface area contributed by atoms with Crippen molar-refractivity contribution >= 4 is 0 Å². The second-order valence-corrected chi connectivity index (χ2v) is 5.58. The summed E-state index contributed by atoms with van der Waals surface area (Å²) in [5.74, 6) is 7.27. The van der Waals surface area contributed by atoms with Crippen molar-refractivity contribution in [2.45, 2.75) is 46.1 Å². The SMILES string of the molecule is Cc1ccc(C)c(C(NN)C2CCCC2C)c1. The van der Waals surface area contributed by atoms with Gasteiger partial charge in [-0.15, -0.1) is 0 Å². The third-order valence-corrected chi connectivity index (χ3v) is 4.31. The fourth-order valence-electron chi connectivity index (χ4n) is 3.21. The van der Waals surface area contributed by atoms with Crippen molar-refractivity contribution in [2.75, 3.05) is 0 Å². The van der Waals surface area contributed by atoms with E-state index in [1.54, 1.807) is 0 Å². The summed E-state index contributed by atoms with van der Waals surface area (Å²) in [6.45, 7) is 6.68. The largest absolute Gasteiger partial charge is 0.271 e. The predicted molar refractivity (Wildman–Crippen MR) is 72.5 cm³/mol. The Hall–Kier alpha value is -0.860. The monoisotopic (exact) mass is 232 g/mol. The van der Waals surface area contributed by atoms with Crippen molar-refractivity contribution in [2.24, 2.45) is 17.7 Å². The van der Waals surface area contributed by atoms with E-state index >= 15 is 0 Å². The highest BCUT2D eigenvalue weighted by Gasteiger charge is 2.31. The molecule has 2 nitrogen and oxygen atoms in total. The molecule has 1 aliphatic rings. The van der Waals surface area contributed by atoms with Gasteiger partial charge in [0.25, 0.3) is 0 Å². The van der Waals surface area contributed by atoms with Crippen LogP contribution in [0.4, 0.5) is 0 Å². The molecule has 1 aromatic carbocycles. The third-order valence-electron chi connectivity index (χ3n) is 4.31. The molecule has 3 N–H and O–H groups in total. The normalized spacial score (nSPS) is 26.1. The van der Waals surface area contributed by atoms with Crippen LogP contribution >= 0.6 is 0 Å². The molecule has 0 amide bonds. The molecule has 1 saturated carbocycles. The van der Waals surface area contributed by atoms with Gasteiger partial charge < -0.3 is 0 Å². The van der Waals surface area contributed by atoms with Crippen molar-refractivity contribution in [3.63, 3.8) is 0 Å². The van der Waals surface area contributed by atoms with E-state index in [1.807, 2.05) is 0 Å². The summed E-state index contributed by atoms with van der Waals surface area (Å²) in [7, 11) is 0. The lowest BCUT2D eigenvalue weighted by molar-refractivity contribution is 0.303. The van der Waals surface area contributed by atoms with Crippen LogP contribution in [0.15, 0.2) is 18.2 Å². The molecule has 94 valence electrons. The fraction of sp³-hybridized carbons (Fsp3) is 0.600. The highest BCUT2D eigenvalue weighted by Crippen LogP contribution is 2.40. The minimum Gasteiger partial charge on any atom is -0.271 e. The van der Waals surface area contributed by atoms with Crippen LogP contribution in [0.5, 0.6) is 0 Å². The smallest absolute Gasteiger partial charge is 0.0493 e. The van der Waals surface area contributed by atoms with Gasteiger partial charge in [-0.05, 0) is 43.2 Å². The topological polar surface area (TPSA) is 38.0 Å². The molecule has 0 radical (unpaired) electrons. The summed E-state index contributed by atoms with van der Waals surface area (Å²) in [6.07, 6.45) is 3.98. The summed E-state index contributed by atoms with van der Waals surface area (Å²) in [5, 5.41) is 0. The van der Waals surface area contributed by atoms with Crippen LogP contribution in [0.1, 0.15) is 48.9 Å². The quantitative estimate of drug-likeness (QED) is 0.620. The van der Waals surface area contributed by atoms with E-state index in [0.717, 1.165) is 5.92 Å². The van der Waals surface area contributed by atoms with E-state index in [9.17, 15) is 0 Å². The van der Waals surface area contributed by atoms with E-state index < -0.39 is 0 Å². The van der Waals surface area contributed by atoms with Gasteiger partial charge in [-0.1, -0.05) is 43.5 Å². The van der Waals surface area contributed by atoms with Gasteiger partial charge in [-0.2, -0.15) is 0 Å². The molecule has 0 spiro atoms. The molecule has 0 bridgehead atoms. The van der Waals surface area contributed by atoms with Crippen molar-refractivity contribution < 1.29 is 0 Å². The Kier molecular flexibility index (Phi) is 3.85. The van der Waals surface area contributed by atoms with Crippen LogP contribution in [0, 0.1) is 25.7 Å². The number of hydrogen-bond donors (Lipinski definition) is 2. The van der Waals surface area contributed by atoms with Crippen LogP contribution in [0.25, 0.3) is 0 Å². The summed E-state index contributed by atoms with van der Waals surface area (Å²) in [4.78, 5) is 0. The van der Waals surface area contributed by atoms with E-state index in [2.05, 4.69) is 44.4 Å².